The van der Waals surface area contributed by atoms with E-state index in [2.05, 4.69) is 25.3 Å². The molecule has 2 rings (SSSR count). The number of likely N-dealkylation sites (tertiary alicyclic amines) is 1. The molecule has 0 unspecified atom stereocenters. The lowest BCUT2D eigenvalue weighted by Gasteiger charge is -2.20. The van der Waals surface area contributed by atoms with Crippen LogP contribution in [0, 0.1) is 0 Å². The van der Waals surface area contributed by atoms with Crippen LogP contribution in [0.25, 0.3) is 0 Å². The van der Waals surface area contributed by atoms with Crippen molar-refractivity contribution in [3.8, 4) is 0 Å². The lowest BCUT2D eigenvalue weighted by Crippen LogP contribution is -2.41. The Balaban J connectivity index is 0.00000420. The lowest BCUT2D eigenvalue weighted by molar-refractivity contribution is -0.176. The Morgan fingerprint density at radius 3 is 2.24 bits per heavy atom. The third-order valence-electron chi connectivity index (χ3n) is 4.66. The number of alkyl halides is 3. The Morgan fingerprint density at radius 2 is 1.66 bits per heavy atom. The molecular formula is C20H32F3IN4O. The predicted octanol–water partition coefficient (Wildman–Crippen LogP) is 3.92. The number of hydrogen-bond acceptors (Lipinski definition) is 3. The third kappa shape index (κ3) is 11.6. The van der Waals surface area contributed by atoms with E-state index in [1.54, 1.807) is 19.2 Å². The van der Waals surface area contributed by atoms with E-state index >= 15 is 0 Å². The quantitative estimate of drug-likeness (QED) is 0.305. The van der Waals surface area contributed by atoms with E-state index in [0.717, 1.165) is 24.6 Å². The maximum atomic E-state index is 12.1. The first kappa shape index (κ1) is 26.0. The molecule has 29 heavy (non-hydrogen) atoms. The molecule has 1 saturated heterocycles. The van der Waals surface area contributed by atoms with Crippen LogP contribution in [0.2, 0.25) is 0 Å². The summed E-state index contributed by atoms with van der Waals surface area (Å²) < 4.78 is 40.9. The minimum atomic E-state index is -4.29. The zero-order valence-corrected chi connectivity index (χ0v) is 19.3. The molecule has 5 nitrogen and oxygen atoms in total. The Bertz CT molecular complexity index is 588. The number of hydrogen-bond donors (Lipinski definition) is 2. The molecule has 0 bridgehead atoms. The van der Waals surface area contributed by atoms with Crippen molar-refractivity contribution in [1.29, 1.82) is 0 Å². The normalized spacial score (nSPS) is 16.1. The molecule has 2 N–H and O–H groups in total. The fourth-order valence-electron chi connectivity index (χ4n) is 3.14. The fraction of sp³-hybridized carbons (Fsp3) is 0.650. The van der Waals surface area contributed by atoms with E-state index in [9.17, 15) is 13.2 Å². The number of nitrogens with zero attached hydrogens (tertiary/aromatic N) is 2. The van der Waals surface area contributed by atoms with E-state index in [1.807, 2.05) is 12.1 Å². The van der Waals surface area contributed by atoms with Gasteiger partial charge in [-0.25, -0.2) is 0 Å². The molecule has 166 valence electrons. The van der Waals surface area contributed by atoms with Crippen molar-refractivity contribution in [2.24, 2.45) is 4.99 Å². The minimum absolute atomic E-state index is 0. The molecule has 0 saturated carbocycles. The number of halogens is 4. The summed E-state index contributed by atoms with van der Waals surface area (Å²) in [5.41, 5.74) is 1.74. The molecule has 0 radical (unpaired) electrons. The van der Waals surface area contributed by atoms with Gasteiger partial charge in [-0.1, -0.05) is 37.1 Å². The van der Waals surface area contributed by atoms with Gasteiger partial charge in [0.2, 0.25) is 0 Å². The summed E-state index contributed by atoms with van der Waals surface area (Å²) >= 11 is 0. The van der Waals surface area contributed by atoms with Gasteiger partial charge in [-0.3, -0.25) is 4.99 Å². The van der Waals surface area contributed by atoms with Crippen LogP contribution < -0.4 is 10.6 Å². The van der Waals surface area contributed by atoms with Gasteiger partial charge in [0.25, 0.3) is 0 Å². The SMILES string of the molecule is CN=C(NCCN1CCCCCC1)NCc1ccc(COCC(F)(F)F)cc1.I. The van der Waals surface area contributed by atoms with Crippen molar-refractivity contribution in [3.63, 3.8) is 0 Å². The Kier molecular flexibility index (Phi) is 12.6. The number of rotatable bonds is 8. The molecule has 0 atom stereocenters. The Hall–Kier alpha value is -1.07. The van der Waals surface area contributed by atoms with Gasteiger partial charge in [0.1, 0.15) is 6.61 Å². The largest absolute Gasteiger partial charge is 0.411 e. The molecular weight excluding hydrogens is 496 g/mol. The molecule has 0 spiro atoms. The fourth-order valence-corrected chi connectivity index (χ4v) is 3.14. The number of guanidine groups is 1. The highest BCUT2D eigenvalue weighted by Crippen LogP contribution is 2.16. The predicted molar refractivity (Wildman–Crippen MR) is 121 cm³/mol. The third-order valence-corrected chi connectivity index (χ3v) is 4.66. The van der Waals surface area contributed by atoms with Crippen molar-refractivity contribution in [2.75, 3.05) is 39.8 Å². The van der Waals surface area contributed by atoms with Crippen LogP contribution in [0.1, 0.15) is 36.8 Å². The van der Waals surface area contributed by atoms with Gasteiger partial charge in [0.05, 0.1) is 6.61 Å². The highest BCUT2D eigenvalue weighted by Gasteiger charge is 2.27. The van der Waals surface area contributed by atoms with Crippen LogP contribution in [0.5, 0.6) is 0 Å². The second-order valence-electron chi connectivity index (χ2n) is 7.03. The summed E-state index contributed by atoms with van der Waals surface area (Å²) in [6.45, 7) is 3.51. The van der Waals surface area contributed by atoms with Gasteiger partial charge in [-0.2, -0.15) is 13.2 Å². The first-order valence-electron chi connectivity index (χ1n) is 9.85. The number of aliphatic imine (C=N–C) groups is 1. The van der Waals surface area contributed by atoms with Crippen LogP contribution in [0.15, 0.2) is 29.3 Å². The molecule has 1 aliphatic rings. The van der Waals surface area contributed by atoms with E-state index in [-0.39, 0.29) is 30.6 Å². The van der Waals surface area contributed by atoms with E-state index in [1.165, 1.54) is 38.8 Å². The first-order valence-corrected chi connectivity index (χ1v) is 9.85. The highest BCUT2D eigenvalue weighted by molar-refractivity contribution is 14.0. The minimum Gasteiger partial charge on any atom is -0.367 e. The summed E-state index contributed by atoms with van der Waals surface area (Å²) in [5, 5.41) is 6.59. The Morgan fingerprint density at radius 1 is 1.03 bits per heavy atom. The number of ether oxygens (including phenoxy) is 1. The summed E-state index contributed by atoms with van der Waals surface area (Å²) in [6.07, 6.45) is 0.940. The van der Waals surface area contributed by atoms with Crippen molar-refractivity contribution in [3.05, 3.63) is 35.4 Å². The van der Waals surface area contributed by atoms with E-state index in [0.29, 0.717) is 12.1 Å². The summed E-state index contributed by atoms with van der Waals surface area (Å²) in [6, 6.07) is 7.32. The summed E-state index contributed by atoms with van der Waals surface area (Å²) in [7, 11) is 1.74. The van der Waals surface area contributed by atoms with Gasteiger partial charge in [0, 0.05) is 26.7 Å². The van der Waals surface area contributed by atoms with Gasteiger partial charge in [-0.15, -0.1) is 24.0 Å². The van der Waals surface area contributed by atoms with Crippen molar-refractivity contribution in [1.82, 2.24) is 15.5 Å². The van der Waals surface area contributed by atoms with Crippen LogP contribution in [0.3, 0.4) is 0 Å². The zero-order chi connectivity index (χ0) is 20.2. The topological polar surface area (TPSA) is 48.9 Å². The standard InChI is InChI=1S/C20H31F3N4O.HI/c1-24-19(25-10-13-27-11-4-2-3-5-12-27)26-14-17-6-8-18(9-7-17)15-28-16-20(21,22)23;/h6-9H,2-5,10-16H2,1H3,(H2,24,25,26);1H. The molecule has 9 heteroatoms. The molecule has 0 aromatic heterocycles. The molecule has 1 aromatic carbocycles. The van der Waals surface area contributed by atoms with Crippen molar-refractivity contribution < 1.29 is 17.9 Å². The van der Waals surface area contributed by atoms with Crippen molar-refractivity contribution in [2.45, 2.75) is 45.0 Å². The van der Waals surface area contributed by atoms with E-state index in [4.69, 9.17) is 0 Å². The maximum Gasteiger partial charge on any atom is 0.411 e. The maximum absolute atomic E-state index is 12.1. The van der Waals surface area contributed by atoms with Gasteiger partial charge >= 0.3 is 6.18 Å². The van der Waals surface area contributed by atoms with Crippen LogP contribution >= 0.6 is 24.0 Å². The first-order chi connectivity index (χ1) is 13.5. The van der Waals surface area contributed by atoms with Crippen LogP contribution in [-0.4, -0.2) is 56.9 Å². The van der Waals surface area contributed by atoms with Crippen molar-refractivity contribution >= 4 is 29.9 Å². The zero-order valence-electron chi connectivity index (χ0n) is 16.9. The lowest BCUT2D eigenvalue weighted by atomic mass is 10.1. The monoisotopic (exact) mass is 528 g/mol. The van der Waals surface area contributed by atoms with Crippen LogP contribution in [0.4, 0.5) is 13.2 Å². The van der Waals surface area contributed by atoms with Gasteiger partial charge in [-0.05, 0) is 37.1 Å². The average molecular weight is 528 g/mol. The molecule has 1 fully saturated rings. The molecule has 0 amide bonds. The molecule has 0 aliphatic carbocycles. The van der Waals surface area contributed by atoms with E-state index < -0.39 is 12.8 Å². The van der Waals surface area contributed by atoms with Gasteiger partial charge in [0.15, 0.2) is 5.96 Å². The number of benzene rings is 1. The Labute approximate surface area is 188 Å². The summed E-state index contributed by atoms with van der Waals surface area (Å²) in [4.78, 5) is 6.73. The highest BCUT2D eigenvalue weighted by atomic mass is 127. The molecule has 1 heterocycles. The van der Waals surface area contributed by atoms with Gasteiger partial charge < -0.3 is 20.3 Å². The average Bonchev–Trinajstić information content (AvgIpc) is 2.93. The second-order valence-corrected chi connectivity index (χ2v) is 7.03. The van der Waals surface area contributed by atoms with Crippen LogP contribution in [-0.2, 0) is 17.9 Å². The summed E-state index contributed by atoms with van der Waals surface area (Å²) in [5.74, 6) is 0.743. The number of nitrogens with one attached hydrogen (secondary N) is 2. The smallest absolute Gasteiger partial charge is 0.367 e. The second kappa shape index (κ2) is 14.0. The molecule has 1 aliphatic heterocycles. The molecule has 1 aromatic rings.